The highest BCUT2D eigenvalue weighted by Gasteiger charge is 2.34. The maximum atomic E-state index is 13.4. The van der Waals surface area contributed by atoms with Gasteiger partial charge in [0.1, 0.15) is 6.61 Å². The van der Waals surface area contributed by atoms with Gasteiger partial charge in [-0.25, -0.2) is 4.79 Å². The van der Waals surface area contributed by atoms with Crippen LogP contribution in [0.15, 0.2) is 30.5 Å². The molecular formula is C21H25F3N4O2. The second-order valence-electron chi connectivity index (χ2n) is 8.03. The molecule has 1 amide bonds. The zero-order valence-electron chi connectivity index (χ0n) is 16.8. The van der Waals surface area contributed by atoms with Crippen LogP contribution in [0.25, 0.3) is 10.9 Å². The SMILES string of the molecule is C[C@H]1C[C@@H](NCCN2CCOC2=O)CN(c2ccc(C(F)(F)F)c3ncccc23)C1. The maximum absolute atomic E-state index is 13.4. The van der Waals surface area contributed by atoms with E-state index in [4.69, 9.17) is 4.74 Å². The molecule has 1 aromatic heterocycles. The molecule has 4 rings (SSSR count). The lowest BCUT2D eigenvalue weighted by atomic mass is 9.94. The number of rotatable bonds is 5. The van der Waals surface area contributed by atoms with Crippen LogP contribution in [0.4, 0.5) is 23.7 Å². The maximum Gasteiger partial charge on any atom is 0.418 e. The minimum atomic E-state index is -4.44. The quantitative estimate of drug-likeness (QED) is 0.799. The minimum absolute atomic E-state index is 0.0159. The van der Waals surface area contributed by atoms with Gasteiger partial charge in [-0.3, -0.25) is 4.98 Å². The van der Waals surface area contributed by atoms with E-state index >= 15 is 0 Å². The van der Waals surface area contributed by atoms with Crippen LogP contribution in [0.1, 0.15) is 18.9 Å². The summed E-state index contributed by atoms with van der Waals surface area (Å²) in [5, 5.41) is 4.01. The van der Waals surface area contributed by atoms with Gasteiger partial charge in [0.05, 0.1) is 17.6 Å². The highest BCUT2D eigenvalue weighted by molar-refractivity contribution is 5.94. The number of hydrogen-bond donors (Lipinski definition) is 1. The third-order valence-corrected chi connectivity index (χ3v) is 5.71. The van der Waals surface area contributed by atoms with Crippen LogP contribution < -0.4 is 10.2 Å². The van der Waals surface area contributed by atoms with Gasteiger partial charge in [-0.05, 0) is 36.6 Å². The molecule has 1 N–H and O–H groups in total. The molecule has 2 atom stereocenters. The Balaban J connectivity index is 1.50. The second kappa shape index (κ2) is 8.29. The van der Waals surface area contributed by atoms with E-state index in [2.05, 4.69) is 22.1 Å². The Bertz CT molecular complexity index is 921. The van der Waals surface area contributed by atoms with Crippen LogP contribution in [0.5, 0.6) is 0 Å². The first-order chi connectivity index (χ1) is 14.3. The number of ether oxygens (including phenoxy) is 1. The monoisotopic (exact) mass is 422 g/mol. The summed E-state index contributed by atoms with van der Waals surface area (Å²) in [6.45, 7) is 5.87. The van der Waals surface area contributed by atoms with Crippen LogP contribution in [0.3, 0.4) is 0 Å². The number of amides is 1. The highest BCUT2D eigenvalue weighted by atomic mass is 19.4. The Kier molecular flexibility index (Phi) is 5.73. The molecule has 0 aliphatic carbocycles. The third kappa shape index (κ3) is 4.30. The lowest BCUT2D eigenvalue weighted by Gasteiger charge is -2.39. The molecule has 2 aromatic rings. The highest BCUT2D eigenvalue weighted by Crippen LogP contribution is 2.38. The molecule has 1 aromatic carbocycles. The lowest BCUT2D eigenvalue weighted by Crippen LogP contribution is -2.50. The average Bonchev–Trinajstić information content (AvgIpc) is 3.11. The van der Waals surface area contributed by atoms with Crippen molar-refractivity contribution in [1.82, 2.24) is 15.2 Å². The van der Waals surface area contributed by atoms with Gasteiger partial charge in [-0.2, -0.15) is 13.2 Å². The number of aromatic nitrogens is 1. The number of carbonyl (C=O) groups excluding carboxylic acids is 1. The number of piperidine rings is 1. The van der Waals surface area contributed by atoms with Crippen molar-refractivity contribution in [2.45, 2.75) is 25.6 Å². The third-order valence-electron chi connectivity index (χ3n) is 5.71. The van der Waals surface area contributed by atoms with Crippen molar-refractivity contribution >= 4 is 22.7 Å². The van der Waals surface area contributed by atoms with Crippen molar-refractivity contribution in [3.8, 4) is 0 Å². The Hall–Kier alpha value is -2.55. The van der Waals surface area contributed by atoms with Gasteiger partial charge in [-0.1, -0.05) is 6.92 Å². The van der Waals surface area contributed by atoms with Gasteiger partial charge >= 0.3 is 12.3 Å². The van der Waals surface area contributed by atoms with Gasteiger partial charge in [0.2, 0.25) is 0 Å². The molecule has 2 fully saturated rings. The molecule has 162 valence electrons. The van der Waals surface area contributed by atoms with Gasteiger partial charge in [0, 0.05) is 49.5 Å². The van der Waals surface area contributed by atoms with E-state index in [0.717, 1.165) is 24.7 Å². The molecule has 0 spiro atoms. The second-order valence-corrected chi connectivity index (χ2v) is 8.03. The van der Waals surface area contributed by atoms with E-state index in [1.165, 1.54) is 6.20 Å². The first kappa shape index (κ1) is 20.7. The molecule has 9 heteroatoms. The average molecular weight is 422 g/mol. The van der Waals surface area contributed by atoms with Crippen LogP contribution in [0, 0.1) is 5.92 Å². The summed E-state index contributed by atoms with van der Waals surface area (Å²) < 4.78 is 45.2. The van der Waals surface area contributed by atoms with E-state index < -0.39 is 11.7 Å². The summed E-state index contributed by atoms with van der Waals surface area (Å²) in [6, 6.07) is 6.24. The predicted molar refractivity (Wildman–Crippen MR) is 107 cm³/mol. The fourth-order valence-corrected chi connectivity index (χ4v) is 4.39. The number of cyclic esters (lactones) is 1. The molecular weight excluding hydrogens is 397 g/mol. The van der Waals surface area contributed by atoms with E-state index in [1.54, 1.807) is 23.1 Å². The predicted octanol–water partition coefficient (Wildman–Crippen LogP) is 3.51. The van der Waals surface area contributed by atoms with Crippen molar-refractivity contribution in [1.29, 1.82) is 0 Å². The smallest absolute Gasteiger partial charge is 0.418 e. The number of halogens is 3. The number of pyridine rings is 1. The molecule has 2 aliphatic rings. The number of fused-ring (bicyclic) bond motifs is 1. The summed E-state index contributed by atoms with van der Waals surface area (Å²) in [5.74, 6) is 0.377. The van der Waals surface area contributed by atoms with Crippen molar-refractivity contribution in [3.63, 3.8) is 0 Å². The zero-order chi connectivity index (χ0) is 21.3. The Labute approximate surface area is 173 Å². The van der Waals surface area contributed by atoms with Crippen molar-refractivity contribution in [2.75, 3.05) is 44.2 Å². The molecule has 0 unspecified atom stereocenters. The van der Waals surface area contributed by atoms with Crippen molar-refractivity contribution < 1.29 is 22.7 Å². The van der Waals surface area contributed by atoms with Gasteiger partial charge < -0.3 is 19.9 Å². The summed E-state index contributed by atoms with van der Waals surface area (Å²) >= 11 is 0. The van der Waals surface area contributed by atoms with Gasteiger partial charge in [-0.15, -0.1) is 0 Å². The zero-order valence-corrected chi connectivity index (χ0v) is 16.8. The standard InChI is InChI=1S/C21H25F3N4O2/c1-14-11-15(25-7-8-27-9-10-30-20(27)29)13-28(12-14)18-5-4-17(21(22,23)24)19-16(18)3-2-6-26-19/h2-6,14-15,25H,7-13H2,1H3/t14-,15+/m0/s1. The van der Waals surface area contributed by atoms with Crippen LogP contribution in [0.2, 0.25) is 0 Å². The molecule has 0 saturated carbocycles. The first-order valence-corrected chi connectivity index (χ1v) is 10.2. The molecule has 30 heavy (non-hydrogen) atoms. The fraction of sp³-hybridized carbons (Fsp3) is 0.524. The summed E-state index contributed by atoms with van der Waals surface area (Å²) in [4.78, 5) is 19.4. The normalized spacial score (nSPS) is 22.6. The summed E-state index contributed by atoms with van der Waals surface area (Å²) in [6.07, 6.45) is -2.36. The lowest BCUT2D eigenvalue weighted by molar-refractivity contribution is -0.136. The fourth-order valence-electron chi connectivity index (χ4n) is 4.39. The van der Waals surface area contributed by atoms with Crippen molar-refractivity contribution in [2.24, 2.45) is 5.92 Å². The molecule has 2 aliphatic heterocycles. The molecule has 2 saturated heterocycles. The molecule has 0 radical (unpaired) electrons. The Morgan fingerprint density at radius 1 is 1.27 bits per heavy atom. The molecule has 6 nitrogen and oxygen atoms in total. The van der Waals surface area contributed by atoms with E-state index in [-0.39, 0.29) is 17.7 Å². The number of nitrogens with zero attached hydrogens (tertiary/aromatic N) is 3. The number of carbonyl (C=O) groups is 1. The van der Waals surface area contributed by atoms with E-state index in [1.807, 2.05) is 0 Å². The van der Waals surface area contributed by atoms with Crippen molar-refractivity contribution in [3.05, 3.63) is 36.0 Å². The number of anilines is 1. The van der Waals surface area contributed by atoms with Crippen LogP contribution in [-0.4, -0.2) is 61.3 Å². The summed E-state index contributed by atoms with van der Waals surface area (Å²) in [5.41, 5.74) is 0.0458. The largest absolute Gasteiger partial charge is 0.448 e. The van der Waals surface area contributed by atoms with Gasteiger partial charge in [0.25, 0.3) is 0 Å². The van der Waals surface area contributed by atoms with Crippen LogP contribution >= 0.6 is 0 Å². The molecule has 3 heterocycles. The van der Waals surface area contributed by atoms with Gasteiger partial charge in [0.15, 0.2) is 0 Å². The number of alkyl halides is 3. The number of benzene rings is 1. The number of hydrogen-bond acceptors (Lipinski definition) is 5. The number of nitrogens with one attached hydrogen (secondary N) is 1. The first-order valence-electron chi connectivity index (χ1n) is 10.2. The summed E-state index contributed by atoms with van der Waals surface area (Å²) in [7, 11) is 0. The minimum Gasteiger partial charge on any atom is -0.448 e. The van der Waals surface area contributed by atoms with E-state index in [0.29, 0.717) is 44.1 Å². The molecule has 0 bridgehead atoms. The van der Waals surface area contributed by atoms with E-state index in [9.17, 15) is 18.0 Å². The topological polar surface area (TPSA) is 57.7 Å². The Morgan fingerprint density at radius 2 is 2.10 bits per heavy atom. The Morgan fingerprint density at radius 3 is 2.83 bits per heavy atom. The van der Waals surface area contributed by atoms with Crippen LogP contribution in [-0.2, 0) is 10.9 Å².